The lowest BCUT2D eigenvalue weighted by Crippen LogP contribution is -2.30. The van der Waals surface area contributed by atoms with Crippen LogP contribution < -0.4 is 4.31 Å². The van der Waals surface area contributed by atoms with Gasteiger partial charge >= 0.3 is 0 Å². The third-order valence-electron chi connectivity index (χ3n) is 4.56. The molecule has 28 heavy (non-hydrogen) atoms. The summed E-state index contributed by atoms with van der Waals surface area (Å²) in [7, 11) is -3.79. The molecule has 6 nitrogen and oxygen atoms in total. The monoisotopic (exact) mass is 392 g/mol. The summed E-state index contributed by atoms with van der Waals surface area (Å²) < 4.78 is 30.3. The van der Waals surface area contributed by atoms with Crippen molar-refractivity contribution in [2.45, 2.75) is 24.8 Å². The molecule has 0 saturated heterocycles. The number of para-hydroxylation sites is 1. The standard InChI is InChI=1S/C21H20N4O2S/c1-2-20-22-23-21-14-13-19(16-24(20)21)28(26,27)25(18-11-7-4-8-12-18)15-17-9-5-3-6-10-17/h3-14,16H,2,15H2,1H3. The molecule has 0 unspecified atom stereocenters. The summed E-state index contributed by atoms with van der Waals surface area (Å²) in [6.07, 6.45) is 2.27. The van der Waals surface area contributed by atoms with Gasteiger partial charge < -0.3 is 0 Å². The molecule has 0 N–H and O–H groups in total. The van der Waals surface area contributed by atoms with Gasteiger partial charge in [0.1, 0.15) is 10.7 Å². The molecule has 0 spiro atoms. The third-order valence-corrected chi connectivity index (χ3v) is 6.32. The summed E-state index contributed by atoms with van der Waals surface area (Å²) in [5.41, 5.74) is 2.16. The topological polar surface area (TPSA) is 67.6 Å². The highest BCUT2D eigenvalue weighted by Gasteiger charge is 2.26. The highest BCUT2D eigenvalue weighted by molar-refractivity contribution is 7.92. The number of benzene rings is 2. The minimum atomic E-state index is -3.79. The van der Waals surface area contributed by atoms with E-state index in [0.29, 0.717) is 17.8 Å². The molecule has 2 aromatic heterocycles. The van der Waals surface area contributed by atoms with E-state index in [9.17, 15) is 8.42 Å². The van der Waals surface area contributed by atoms with Crippen LogP contribution in [0.3, 0.4) is 0 Å². The van der Waals surface area contributed by atoms with Gasteiger partial charge in [-0.2, -0.15) is 0 Å². The van der Waals surface area contributed by atoms with Crippen molar-refractivity contribution in [3.8, 4) is 0 Å². The minimum Gasteiger partial charge on any atom is -0.285 e. The molecule has 0 radical (unpaired) electrons. The van der Waals surface area contributed by atoms with Crippen LogP contribution in [0.1, 0.15) is 18.3 Å². The molecule has 0 saturated carbocycles. The van der Waals surface area contributed by atoms with E-state index < -0.39 is 10.0 Å². The molecule has 0 bridgehead atoms. The van der Waals surface area contributed by atoms with E-state index in [0.717, 1.165) is 11.4 Å². The lowest BCUT2D eigenvalue weighted by molar-refractivity contribution is 0.589. The van der Waals surface area contributed by atoms with E-state index in [1.54, 1.807) is 34.9 Å². The molecule has 2 heterocycles. The fourth-order valence-electron chi connectivity index (χ4n) is 3.10. The van der Waals surface area contributed by atoms with Gasteiger partial charge in [0.2, 0.25) is 0 Å². The van der Waals surface area contributed by atoms with Crippen LogP contribution in [0.2, 0.25) is 0 Å². The third kappa shape index (κ3) is 3.36. The molecule has 0 aliphatic rings. The van der Waals surface area contributed by atoms with Gasteiger partial charge in [-0.15, -0.1) is 10.2 Å². The molecule has 0 fully saturated rings. The van der Waals surface area contributed by atoms with Crippen molar-refractivity contribution in [2.24, 2.45) is 0 Å². The second-order valence-corrected chi connectivity index (χ2v) is 8.26. The first kappa shape index (κ1) is 18.2. The summed E-state index contributed by atoms with van der Waals surface area (Å²) in [4.78, 5) is 0.203. The Morgan fingerprint density at radius 1 is 0.893 bits per heavy atom. The smallest absolute Gasteiger partial charge is 0.266 e. The molecule has 0 aliphatic carbocycles. The van der Waals surface area contributed by atoms with Gasteiger partial charge in [0.15, 0.2) is 5.65 Å². The lowest BCUT2D eigenvalue weighted by Gasteiger charge is -2.24. The average Bonchev–Trinajstić information content (AvgIpc) is 3.15. The molecule has 142 valence electrons. The van der Waals surface area contributed by atoms with Crippen molar-refractivity contribution in [3.05, 3.63) is 90.4 Å². The number of aryl methyl sites for hydroxylation is 1. The number of rotatable bonds is 6. The molecule has 4 aromatic rings. The predicted octanol–water partition coefficient (Wildman–Crippen LogP) is 3.69. The molecule has 2 aromatic carbocycles. The summed E-state index contributed by atoms with van der Waals surface area (Å²) >= 11 is 0. The maximum Gasteiger partial charge on any atom is 0.266 e. The Morgan fingerprint density at radius 3 is 2.25 bits per heavy atom. The quantitative estimate of drug-likeness (QED) is 0.502. The van der Waals surface area contributed by atoms with Gasteiger partial charge in [-0.05, 0) is 29.8 Å². The summed E-state index contributed by atoms with van der Waals surface area (Å²) in [6.45, 7) is 2.21. The Bertz CT molecular complexity index is 1190. The fourth-order valence-corrected chi connectivity index (χ4v) is 4.55. The zero-order valence-corrected chi connectivity index (χ0v) is 16.2. The van der Waals surface area contributed by atoms with Crippen LogP contribution in [0.5, 0.6) is 0 Å². The summed E-state index contributed by atoms with van der Waals surface area (Å²) in [6, 6.07) is 22.0. The zero-order valence-electron chi connectivity index (χ0n) is 15.4. The average molecular weight is 392 g/mol. The van der Waals surface area contributed by atoms with E-state index in [2.05, 4.69) is 10.2 Å². The normalized spacial score (nSPS) is 11.6. The maximum atomic E-state index is 13.6. The summed E-state index contributed by atoms with van der Waals surface area (Å²) in [5.74, 6) is 0.723. The van der Waals surface area contributed by atoms with Gasteiger partial charge in [0.25, 0.3) is 10.0 Å². The summed E-state index contributed by atoms with van der Waals surface area (Å²) in [5, 5.41) is 8.20. The zero-order chi connectivity index (χ0) is 19.6. The first-order chi connectivity index (χ1) is 13.6. The number of hydrogen-bond acceptors (Lipinski definition) is 4. The number of aromatic nitrogens is 3. The Hall–Kier alpha value is -3.19. The van der Waals surface area contributed by atoms with E-state index >= 15 is 0 Å². The van der Waals surface area contributed by atoms with Gasteiger partial charge in [-0.25, -0.2) is 8.42 Å². The molecule has 0 amide bonds. The Balaban J connectivity index is 1.82. The van der Waals surface area contributed by atoms with E-state index in [1.165, 1.54) is 4.31 Å². The molecule has 7 heteroatoms. The molecular weight excluding hydrogens is 372 g/mol. The number of fused-ring (bicyclic) bond motifs is 1. The van der Waals surface area contributed by atoms with E-state index in [1.807, 2.05) is 55.5 Å². The van der Waals surface area contributed by atoms with Crippen LogP contribution in [0.4, 0.5) is 5.69 Å². The van der Waals surface area contributed by atoms with Crippen LogP contribution in [-0.2, 0) is 23.0 Å². The van der Waals surface area contributed by atoms with Crippen LogP contribution in [-0.4, -0.2) is 23.0 Å². The fraction of sp³-hybridized carbons (Fsp3) is 0.143. The van der Waals surface area contributed by atoms with Crippen LogP contribution in [0, 0.1) is 0 Å². The molecule has 0 aliphatic heterocycles. The van der Waals surface area contributed by atoms with Crippen molar-refractivity contribution in [1.29, 1.82) is 0 Å². The van der Waals surface area contributed by atoms with Crippen LogP contribution >= 0.6 is 0 Å². The Labute approximate surface area is 164 Å². The molecular formula is C21H20N4O2S. The van der Waals surface area contributed by atoms with Gasteiger partial charge in [-0.3, -0.25) is 8.71 Å². The second kappa shape index (κ2) is 7.44. The second-order valence-electron chi connectivity index (χ2n) is 6.40. The van der Waals surface area contributed by atoms with Crippen molar-refractivity contribution in [3.63, 3.8) is 0 Å². The molecule has 4 rings (SSSR count). The largest absolute Gasteiger partial charge is 0.285 e. The SMILES string of the molecule is CCc1nnc2ccc(S(=O)(=O)N(Cc3ccccc3)c3ccccc3)cn12. The number of anilines is 1. The molecule has 0 atom stereocenters. The van der Waals surface area contributed by atoms with E-state index in [4.69, 9.17) is 0 Å². The predicted molar refractivity (Wildman–Crippen MR) is 109 cm³/mol. The lowest BCUT2D eigenvalue weighted by atomic mass is 10.2. The van der Waals surface area contributed by atoms with Crippen molar-refractivity contribution in [2.75, 3.05) is 4.31 Å². The first-order valence-electron chi connectivity index (χ1n) is 9.05. The number of nitrogens with zero attached hydrogens (tertiary/aromatic N) is 4. The van der Waals surface area contributed by atoms with Crippen LogP contribution in [0.15, 0.2) is 83.9 Å². The number of sulfonamides is 1. The highest BCUT2D eigenvalue weighted by atomic mass is 32.2. The van der Waals surface area contributed by atoms with Crippen molar-refractivity contribution in [1.82, 2.24) is 14.6 Å². The van der Waals surface area contributed by atoms with Crippen LogP contribution in [0.25, 0.3) is 5.65 Å². The maximum absolute atomic E-state index is 13.6. The van der Waals surface area contributed by atoms with Crippen molar-refractivity contribution >= 4 is 21.4 Å². The number of hydrogen-bond donors (Lipinski definition) is 0. The number of pyridine rings is 1. The van der Waals surface area contributed by atoms with Gasteiger partial charge in [0.05, 0.1) is 12.2 Å². The van der Waals surface area contributed by atoms with Crippen molar-refractivity contribution < 1.29 is 8.42 Å². The van der Waals surface area contributed by atoms with E-state index in [-0.39, 0.29) is 11.4 Å². The first-order valence-corrected chi connectivity index (χ1v) is 10.5. The van der Waals surface area contributed by atoms with Gasteiger partial charge in [0, 0.05) is 12.6 Å². The van der Waals surface area contributed by atoms with Gasteiger partial charge in [-0.1, -0.05) is 55.5 Å². The highest BCUT2D eigenvalue weighted by Crippen LogP contribution is 2.26. The Kier molecular flexibility index (Phi) is 4.83. The Morgan fingerprint density at radius 2 is 1.57 bits per heavy atom. The minimum absolute atomic E-state index is 0.203.